The summed E-state index contributed by atoms with van der Waals surface area (Å²) in [4.78, 5) is 0. The molecule has 1 unspecified atom stereocenters. The second-order valence-corrected chi connectivity index (χ2v) is 7.60. The molecule has 0 radical (unpaired) electrons. The van der Waals surface area contributed by atoms with E-state index in [0.29, 0.717) is 6.04 Å². The number of rotatable bonds is 5. The summed E-state index contributed by atoms with van der Waals surface area (Å²) in [5.41, 5.74) is 2.69. The van der Waals surface area contributed by atoms with Gasteiger partial charge in [0.15, 0.2) is 0 Å². The molecule has 2 aromatic carbocycles. The van der Waals surface area contributed by atoms with Gasteiger partial charge in [0.05, 0.1) is 0 Å². The summed E-state index contributed by atoms with van der Waals surface area (Å²) in [6, 6.07) is 15.4. The number of hydrogen-bond donors (Lipinski definition) is 1. The van der Waals surface area contributed by atoms with Crippen molar-refractivity contribution >= 4 is 54.5 Å². The zero-order valence-corrected chi connectivity index (χ0v) is 16.5. The van der Waals surface area contributed by atoms with Crippen LogP contribution in [-0.4, -0.2) is 6.54 Å². The van der Waals surface area contributed by atoms with Gasteiger partial charge in [0.1, 0.15) is 0 Å². The van der Waals surface area contributed by atoms with Crippen molar-refractivity contribution in [3.63, 3.8) is 0 Å². The van der Waals surface area contributed by atoms with Crippen molar-refractivity contribution in [2.45, 2.75) is 19.4 Å². The second-order valence-electron chi connectivity index (χ2n) is 4.61. The second kappa shape index (κ2) is 7.92. The predicted octanol–water partition coefficient (Wildman–Crippen LogP) is 5.71. The molecule has 0 fully saturated rings. The van der Waals surface area contributed by atoms with Crippen molar-refractivity contribution < 1.29 is 0 Å². The SMILES string of the molecule is CCNC(Cc1ccc(Br)cc1)c1cc(Br)ccc1I. The zero-order chi connectivity index (χ0) is 14.5. The van der Waals surface area contributed by atoms with Gasteiger partial charge in [-0.2, -0.15) is 0 Å². The van der Waals surface area contributed by atoms with E-state index in [1.54, 1.807) is 0 Å². The molecule has 4 heteroatoms. The van der Waals surface area contributed by atoms with Crippen LogP contribution in [0.15, 0.2) is 51.4 Å². The Morgan fingerprint density at radius 2 is 1.70 bits per heavy atom. The van der Waals surface area contributed by atoms with Gasteiger partial charge in [-0.1, -0.05) is 50.9 Å². The predicted molar refractivity (Wildman–Crippen MR) is 101 cm³/mol. The third-order valence-electron chi connectivity index (χ3n) is 3.14. The van der Waals surface area contributed by atoms with Gasteiger partial charge >= 0.3 is 0 Å². The lowest BCUT2D eigenvalue weighted by Crippen LogP contribution is -2.23. The van der Waals surface area contributed by atoms with Crippen LogP contribution < -0.4 is 5.32 Å². The lowest BCUT2D eigenvalue weighted by atomic mass is 9.99. The lowest BCUT2D eigenvalue weighted by Gasteiger charge is -2.20. The summed E-state index contributed by atoms with van der Waals surface area (Å²) in [5.74, 6) is 0. The van der Waals surface area contributed by atoms with Crippen molar-refractivity contribution in [2.24, 2.45) is 0 Å². The van der Waals surface area contributed by atoms with Crippen LogP contribution >= 0.6 is 54.5 Å². The molecule has 0 aromatic heterocycles. The van der Waals surface area contributed by atoms with E-state index in [-0.39, 0.29) is 0 Å². The number of benzene rings is 2. The van der Waals surface area contributed by atoms with Crippen molar-refractivity contribution in [1.29, 1.82) is 0 Å². The van der Waals surface area contributed by atoms with Gasteiger partial charge < -0.3 is 5.32 Å². The summed E-state index contributed by atoms with van der Waals surface area (Å²) in [6.45, 7) is 3.11. The van der Waals surface area contributed by atoms with Gasteiger partial charge in [0, 0.05) is 18.6 Å². The average Bonchev–Trinajstić information content (AvgIpc) is 2.43. The van der Waals surface area contributed by atoms with Crippen molar-refractivity contribution in [3.05, 3.63) is 66.1 Å². The van der Waals surface area contributed by atoms with Gasteiger partial charge in [-0.3, -0.25) is 0 Å². The van der Waals surface area contributed by atoms with Crippen LogP contribution in [0.5, 0.6) is 0 Å². The Balaban J connectivity index is 2.26. The Labute approximate surface area is 150 Å². The maximum Gasteiger partial charge on any atom is 0.0371 e. The first kappa shape index (κ1) is 16.5. The molecule has 0 spiro atoms. The van der Waals surface area contributed by atoms with Gasteiger partial charge in [-0.05, 0) is 77.0 Å². The van der Waals surface area contributed by atoms with E-state index in [9.17, 15) is 0 Å². The normalized spacial score (nSPS) is 12.4. The highest BCUT2D eigenvalue weighted by Crippen LogP contribution is 2.27. The van der Waals surface area contributed by atoms with Gasteiger partial charge in [-0.15, -0.1) is 0 Å². The molecule has 0 saturated heterocycles. The maximum atomic E-state index is 3.59. The van der Waals surface area contributed by atoms with Crippen LogP contribution in [0.3, 0.4) is 0 Å². The molecular weight excluding hydrogens is 493 g/mol. The minimum Gasteiger partial charge on any atom is -0.310 e. The molecule has 0 bridgehead atoms. The maximum absolute atomic E-state index is 3.59. The largest absolute Gasteiger partial charge is 0.310 e. The zero-order valence-electron chi connectivity index (χ0n) is 11.2. The van der Waals surface area contributed by atoms with Gasteiger partial charge in [0.2, 0.25) is 0 Å². The smallest absolute Gasteiger partial charge is 0.0371 e. The summed E-state index contributed by atoms with van der Waals surface area (Å²) < 4.78 is 3.55. The van der Waals surface area contributed by atoms with Gasteiger partial charge in [0.25, 0.3) is 0 Å². The molecule has 0 amide bonds. The molecule has 2 rings (SSSR count). The van der Waals surface area contributed by atoms with Crippen LogP contribution in [0.25, 0.3) is 0 Å². The van der Waals surface area contributed by atoms with E-state index in [1.807, 2.05) is 0 Å². The Hall–Kier alpha value is 0.0900. The van der Waals surface area contributed by atoms with E-state index in [1.165, 1.54) is 14.7 Å². The number of hydrogen-bond acceptors (Lipinski definition) is 1. The first-order valence-corrected chi connectivity index (χ1v) is 9.19. The van der Waals surface area contributed by atoms with E-state index in [0.717, 1.165) is 21.9 Å². The molecule has 0 heterocycles. The van der Waals surface area contributed by atoms with Gasteiger partial charge in [-0.25, -0.2) is 0 Å². The first-order valence-electron chi connectivity index (χ1n) is 6.53. The molecule has 0 aliphatic heterocycles. The minimum absolute atomic E-state index is 0.338. The van der Waals surface area contributed by atoms with E-state index in [2.05, 4.69) is 109 Å². The Kier molecular flexibility index (Phi) is 6.52. The standard InChI is InChI=1S/C16H16Br2IN/c1-2-20-16(9-11-3-5-12(17)6-4-11)14-10-13(18)7-8-15(14)19/h3-8,10,16,20H,2,9H2,1H3. The molecule has 1 N–H and O–H groups in total. The molecule has 1 atom stereocenters. The fourth-order valence-corrected chi connectivity index (χ4v) is 3.53. The summed E-state index contributed by atoms with van der Waals surface area (Å²) in [7, 11) is 0. The Morgan fingerprint density at radius 1 is 1.05 bits per heavy atom. The average molecular weight is 509 g/mol. The topological polar surface area (TPSA) is 12.0 Å². The van der Waals surface area contributed by atoms with Crippen molar-refractivity contribution in [1.82, 2.24) is 5.32 Å². The van der Waals surface area contributed by atoms with E-state index < -0.39 is 0 Å². The van der Waals surface area contributed by atoms with Crippen LogP contribution in [-0.2, 0) is 6.42 Å². The highest BCUT2D eigenvalue weighted by atomic mass is 127. The van der Waals surface area contributed by atoms with Crippen molar-refractivity contribution in [3.8, 4) is 0 Å². The molecule has 0 saturated carbocycles. The molecule has 106 valence electrons. The van der Waals surface area contributed by atoms with E-state index >= 15 is 0 Å². The molecular formula is C16H16Br2IN. The Bertz CT molecular complexity index is 569. The fraction of sp³-hybridized carbons (Fsp3) is 0.250. The number of halogens is 3. The van der Waals surface area contributed by atoms with Crippen LogP contribution in [0, 0.1) is 3.57 Å². The third kappa shape index (κ3) is 4.55. The highest BCUT2D eigenvalue weighted by Gasteiger charge is 2.14. The summed E-state index contributed by atoms with van der Waals surface area (Å²) in [6.07, 6.45) is 0.994. The quantitative estimate of drug-likeness (QED) is 0.510. The summed E-state index contributed by atoms with van der Waals surface area (Å²) in [5, 5.41) is 3.59. The number of likely N-dealkylation sites (N-methyl/N-ethyl adjacent to an activating group) is 1. The minimum atomic E-state index is 0.338. The number of nitrogens with one attached hydrogen (secondary N) is 1. The molecule has 20 heavy (non-hydrogen) atoms. The molecule has 0 aliphatic carbocycles. The Morgan fingerprint density at radius 3 is 2.35 bits per heavy atom. The van der Waals surface area contributed by atoms with Crippen molar-refractivity contribution in [2.75, 3.05) is 6.54 Å². The van der Waals surface area contributed by atoms with E-state index in [4.69, 9.17) is 0 Å². The summed E-state index contributed by atoms with van der Waals surface area (Å²) >= 11 is 9.47. The van der Waals surface area contributed by atoms with Crippen LogP contribution in [0.4, 0.5) is 0 Å². The van der Waals surface area contributed by atoms with Crippen LogP contribution in [0.2, 0.25) is 0 Å². The molecule has 2 aromatic rings. The fourth-order valence-electron chi connectivity index (χ4n) is 2.18. The lowest BCUT2D eigenvalue weighted by molar-refractivity contribution is 0.547. The first-order chi connectivity index (χ1) is 9.60. The highest BCUT2D eigenvalue weighted by molar-refractivity contribution is 14.1. The molecule has 0 aliphatic rings. The third-order valence-corrected chi connectivity index (χ3v) is 5.14. The molecule has 1 nitrogen and oxygen atoms in total. The monoisotopic (exact) mass is 507 g/mol. The van der Waals surface area contributed by atoms with Crippen LogP contribution in [0.1, 0.15) is 24.1 Å².